The van der Waals surface area contributed by atoms with Crippen LogP contribution >= 0.6 is 22.9 Å². The van der Waals surface area contributed by atoms with Gasteiger partial charge in [0.1, 0.15) is 6.17 Å². The molecule has 2 rings (SSSR count). The van der Waals surface area contributed by atoms with Gasteiger partial charge in [-0.2, -0.15) is 0 Å². The second kappa shape index (κ2) is 5.63. The van der Waals surface area contributed by atoms with Crippen LogP contribution in [0.25, 0.3) is 0 Å². The fraction of sp³-hybridized carbons (Fsp3) is 0.692. The van der Waals surface area contributed by atoms with Gasteiger partial charge in [0.2, 0.25) is 0 Å². The summed E-state index contributed by atoms with van der Waals surface area (Å²) in [5.74, 6) is 1.10. The minimum atomic E-state index is -0.774. The molecule has 1 saturated heterocycles. The van der Waals surface area contributed by atoms with Crippen LogP contribution in [0.5, 0.6) is 0 Å². The van der Waals surface area contributed by atoms with Crippen LogP contribution in [0.15, 0.2) is 23.8 Å². The zero-order valence-electron chi connectivity index (χ0n) is 9.70. The Morgan fingerprint density at radius 1 is 1.31 bits per heavy atom. The molecule has 2 atom stereocenters. The zero-order chi connectivity index (χ0) is 11.5. The fourth-order valence-corrected chi connectivity index (χ4v) is 3.19. The molecule has 0 radical (unpaired) electrons. The van der Waals surface area contributed by atoms with Crippen molar-refractivity contribution in [2.45, 2.75) is 32.4 Å². The lowest BCUT2D eigenvalue weighted by Gasteiger charge is -2.31. The van der Waals surface area contributed by atoms with E-state index in [1.54, 1.807) is 6.08 Å². The predicted molar refractivity (Wildman–Crippen MR) is 74.2 cm³/mol. The van der Waals surface area contributed by atoms with Gasteiger partial charge in [-0.25, -0.2) is 7.50 Å². The van der Waals surface area contributed by atoms with Crippen LogP contribution < -0.4 is 0 Å². The van der Waals surface area contributed by atoms with E-state index in [1.165, 1.54) is 18.4 Å². The molecule has 0 amide bonds. The molecule has 0 N–H and O–H groups in total. The molecule has 0 spiro atoms. The van der Waals surface area contributed by atoms with Gasteiger partial charge in [0.15, 0.2) is 0 Å². The largest absolute Gasteiger partial charge is 0.248 e. The molecule has 90 valence electrons. The molecule has 0 aromatic rings. The number of piperidine rings is 1. The molecule has 1 fully saturated rings. The molecule has 1 nitrogen and oxygen atoms in total. The van der Waals surface area contributed by atoms with Crippen LogP contribution in [0, 0.1) is 11.8 Å². The highest BCUT2D eigenvalue weighted by Crippen LogP contribution is 2.33. The molecule has 16 heavy (non-hydrogen) atoms. The van der Waals surface area contributed by atoms with E-state index in [2.05, 4.69) is 39.0 Å². The number of allylic oxidation sites excluding steroid dienone is 4. The van der Waals surface area contributed by atoms with Gasteiger partial charge in [-0.3, -0.25) is 0 Å². The van der Waals surface area contributed by atoms with Crippen LogP contribution in [0.1, 0.15) is 26.2 Å². The summed E-state index contributed by atoms with van der Waals surface area (Å²) < 4.78 is 15.6. The summed E-state index contributed by atoms with van der Waals surface area (Å²) in [5.41, 5.74) is 1.47. The van der Waals surface area contributed by atoms with Crippen molar-refractivity contribution in [2.24, 2.45) is 11.8 Å². The third-order valence-electron chi connectivity index (χ3n) is 3.62. The third-order valence-corrected chi connectivity index (χ3v) is 4.59. The first-order valence-corrected chi connectivity index (χ1v) is 7.06. The van der Waals surface area contributed by atoms with E-state index in [4.69, 9.17) is 0 Å². The van der Waals surface area contributed by atoms with Crippen LogP contribution in [-0.4, -0.2) is 22.4 Å². The van der Waals surface area contributed by atoms with Gasteiger partial charge in [-0.1, -0.05) is 30.7 Å². The van der Waals surface area contributed by atoms with Gasteiger partial charge >= 0.3 is 0 Å². The molecule has 1 aliphatic carbocycles. The van der Waals surface area contributed by atoms with Crippen LogP contribution in [0.4, 0.5) is 4.39 Å². The Bertz CT molecular complexity index is 292. The SMILES string of the molecule is C[C@@H]1C=CC(F)CC=C1C1CCN(I)CC1. The second-order valence-electron chi connectivity index (χ2n) is 4.81. The van der Waals surface area contributed by atoms with Crippen molar-refractivity contribution >= 4 is 22.9 Å². The monoisotopic (exact) mass is 335 g/mol. The number of rotatable bonds is 1. The van der Waals surface area contributed by atoms with Gasteiger partial charge in [-0.05, 0) is 24.7 Å². The number of nitrogens with zero attached hydrogens (tertiary/aromatic N) is 1. The molecule has 1 unspecified atom stereocenters. The Balaban J connectivity index is 2.05. The van der Waals surface area contributed by atoms with Crippen molar-refractivity contribution in [1.82, 2.24) is 3.11 Å². The Hall–Kier alpha value is 0.1000. The van der Waals surface area contributed by atoms with Crippen molar-refractivity contribution < 1.29 is 4.39 Å². The Morgan fingerprint density at radius 2 is 2.00 bits per heavy atom. The first-order valence-electron chi connectivity index (χ1n) is 6.10. The molecule has 1 heterocycles. The normalized spacial score (nSPS) is 33.6. The molecule has 0 aromatic heterocycles. The number of hydrogen-bond acceptors (Lipinski definition) is 1. The summed E-state index contributed by atoms with van der Waals surface area (Å²) in [6.45, 7) is 4.52. The van der Waals surface area contributed by atoms with E-state index < -0.39 is 6.17 Å². The van der Waals surface area contributed by atoms with Gasteiger partial charge in [0.05, 0.1) is 0 Å². The summed E-state index contributed by atoms with van der Waals surface area (Å²) in [4.78, 5) is 0. The maximum Gasteiger partial charge on any atom is 0.122 e. The smallest absolute Gasteiger partial charge is 0.122 e. The molecule has 0 saturated carbocycles. The van der Waals surface area contributed by atoms with E-state index in [-0.39, 0.29) is 0 Å². The van der Waals surface area contributed by atoms with E-state index in [1.807, 2.05) is 6.08 Å². The summed E-state index contributed by atoms with van der Waals surface area (Å²) in [6, 6.07) is 0. The molecule has 0 aromatic carbocycles. The average Bonchev–Trinajstić information content (AvgIpc) is 2.44. The standard InChI is InChI=1S/C13H19FIN/c1-10-2-3-12(14)4-5-13(10)11-6-8-16(15)9-7-11/h2-3,5,10-12H,4,6-9H2,1H3/t10-,12?/m1/s1. The lowest BCUT2D eigenvalue weighted by molar-refractivity contribution is 0.329. The lowest BCUT2D eigenvalue weighted by Crippen LogP contribution is -2.28. The van der Waals surface area contributed by atoms with Gasteiger partial charge in [0, 0.05) is 42.4 Å². The molecule has 0 bridgehead atoms. The predicted octanol–water partition coefficient (Wildman–Crippen LogP) is 3.91. The van der Waals surface area contributed by atoms with E-state index in [0.717, 1.165) is 13.1 Å². The van der Waals surface area contributed by atoms with Crippen molar-refractivity contribution in [1.29, 1.82) is 0 Å². The van der Waals surface area contributed by atoms with Crippen LogP contribution in [0.2, 0.25) is 0 Å². The van der Waals surface area contributed by atoms with Crippen molar-refractivity contribution in [2.75, 3.05) is 13.1 Å². The maximum absolute atomic E-state index is 13.3. The maximum atomic E-state index is 13.3. The van der Waals surface area contributed by atoms with Crippen LogP contribution in [0.3, 0.4) is 0 Å². The molecular weight excluding hydrogens is 316 g/mol. The molecular formula is C13H19FIN. The quantitative estimate of drug-likeness (QED) is 0.399. The Morgan fingerprint density at radius 3 is 2.69 bits per heavy atom. The molecule has 3 heteroatoms. The first-order chi connectivity index (χ1) is 7.66. The lowest BCUT2D eigenvalue weighted by atomic mass is 9.83. The summed E-state index contributed by atoms with van der Waals surface area (Å²) in [7, 11) is 0. The number of hydrogen-bond donors (Lipinski definition) is 0. The van der Waals surface area contributed by atoms with Crippen molar-refractivity contribution in [3.8, 4) is 0 Å². The summed E-state index contributed by atoms with van der Waals surface area (Å²) in [6.07, 6.45) is 8.17. The highest BCUT2D eigenvalue weighted by Gasteiger charge is 2.24. The average molecular weight is 335 g/mol. The number of alkyl halides is 1. The topological polar surface area (TPSA) is 3.24 Å². The fourth-order valence-electron chi connectivity index (χ4n) is 2.63. The Kier molecular flexibility index (Phi) is 4.41. The highest BCUT2D eigenvalue weighted by atomic mass is 127. The van der Waals surface area contributed by atoms with E-state index >= 15 is 0 Å². The number of halogens is 2. The molecule has 1 aliphatic heterocycles. The van der Waals surface area contributed by atoms with E-state index in [9.17, 15) is 4.39 Å². The van der Waals surface area contributed by atoms with Crippen LogP contribution in [-0.2, 0) is 0 Å². The minimum Gasteiger partial charge on any atom is -0.248 e. The van der Waals surface area contributed by atoms with Crippen molar-refractivity contribution in [3.05, 3.63) is 23.8 Å². The van der Waals surface area contributed by atoms with E-state index in [0.29, 0.717) is 18.3 Å². The van der Waals surface area contributed by atoms with Gasteiger partial charge in [0.25, 0.3) is 0 Å². The van der Waals surface area contributed by atoms with Gasteiger partial charge < -0.3 is 0 Å². The molecule has 2 aliphatic rings. The van der Waals surface area contributed by atoms with Crippen molar-refractivity contribution in [3.63, 3.8) is 0 Å². The zero-order valence-corrected chi connectivity index (χ0v) is 11.9. The minimum absolute atomic E-state index is 0.423. The second-order valence-corrected chi connectivity index (χ2v) is 6.18. The third kappa shape index (κ3) is 3.06. The van der Waals surface area contributed by atoms with Gasteiger partial charge in [-0.15, -0.1) is 0 Å². The summed E-state index contributed by atoms with van der Waals surface area (Å²) >= 11 is 2.39. The first kappa shape index (κ1) is 12.6. The summed E-state index contributed by atoms with van der Waals surface area (Å²) in [5, 5.41) is 0. The highest BCUT2D eigenvalue weighted by molar-refractivity contribution is 14.1. The Labute approximate surface area is 111 Å².